The largest absolute Gasteiger partial charge is 0.313 e. The lowest BCUT2D eigenvalue weighted by molar-refractivity contribution is 0.270. The third-order valence-electron chi connectivity index (χ3n) is 1.79. The highest BCUT2D eigenvalue weighted by Gasteiger charge is 2.33. The Morgan fingerprint density at radius 2 is 1.56 bits per heavy atom. The number of nitriles is 1. The molecule has 2 nitrogen and oxygen atoms in total. The van der Waals surface area contributed by atoms with Gasteiger partial charge in [0.15, 0.2) is 0 Å². The van der Waals surface area contributed by atoms with E-state index in [1.807, 2.05) is 20.8 Å². The first-order valence-electron chi connectivity index (χ1n) is 3.01. The number of hydrogen-bond acceptors (Lipinski definition) is 2. The lowest BCUT2D eigenvalue weighted by Crippen LogP contribution is -2.47. The summed E-state index contributed by atoms with van der Waals surface area (Å²) in [6.45, 7) is 7.61. The molecule has 0 aliphatic heterocycles. The molecule has 0 radical (unpaired) electrons. The average molecular weight is 126 g/mol. The van der Waals surface area contributed by atoms with Gasteiger partial charge in [0, 0.05) is 0 Å². The molecule has 0 heterocycles. The lowest BCUT2D eigenvalue weighted by Gasteiger charge is -2.31. The summed E-state index contributed by atoms with van der Waals surface area (Å²) in [5.41, 5.74) is 4.78. The van der Waals surface area contributed by atoms with Gasteiger partial charge >= 0.3 is 0 Å². The Bertz CT molecular complexity index is 134. The van der Waals surface area contributed by atoms with Crippen LogP contribution in [-0.4, -0.2) is 5.54 Å². The summed E-state index contributed by atoms with van der Waals surface area (Å²) >= 11 is 0. The second kappa shape index (κ2) is 2.00. The summed E-state index contributed by atoms with van der Waals surface area (Å²) in [4.78, 5) is 0. The van der Waals surface area contributed by atoms with Crippen molar-refractivity contribution < 1.29 is 0 Å². The molecule has 0 aromatic heterocycles. The molecule has 2 heteroatoms. The van der Waals surface area contributed by atoms with Crippen molar-refractivity contribution in [1.29, 1.82) is 5.26 Å². The third-order valence-corrected chi connectivity index (χ3v) is 1.79. The molecule has 2 N–H and O–H groups in total. The molecule has 0 saturated carbocycles. The molecule has 0 saturated heterocycles. The van der Waals surface area contributed by atoms with Crippen LogP contribution in [0.5, 0.6) is 0 Å². The van der Waals surface area contributed by atoms with E-state index in [0.717, 1.165) is 0 Å². The van der Waals surface area contributed by atoms with Gasteiger partial charge in [-0.3, -0.25) is 0 Å². The molecule has 9 heavy (non-hydrogen) atoms. The average Bonchev–Trinajstić information content (AvgIpc) is 1.64. The second-order valence-electron chi connectivity index (χ2n) is 3.56. The van der Waals surface area contributed by atoms with Crippen LogP contribution in [-0.2, 0) is 0 Å². The van der Waals surface area contributed by atoms with Crippen LogP contribution in [0.3, 0.4) is 0 Å². The molecule has 0 bridgehead atoms. The first-order valence-corrected chi connectivity index (χ1v) is 3.01. The fourth-order valence-corrected chi connectivity index (χ4v) is 0.168. The molecule has 0 aromatic rings. The fourth-order valence-electron chi connectivity index (χ4n) is 0.168. The molecule has 1 atom stereocenters. The molecular formula is C7H14N2. The monoisotopic (exact) mass is 126 g/mol. The maximum Gasteiger partial charge on any atom is 0.106 e. The number of rotatable bonds is 0. The molecule has 0 rings (SSSR count). The van der Waals surface area contributed by atoms with Crippen molar-refractivity contribution in [2.24, 2.45) is 11.1 Å². The zero-order valence-electron chi connectivity index (χ0n) is 6.52. The van der Waals surface area contributed by atoms with Crippen LogP contribution < -0.4 is 5.73 Å². The highest BCUT2D eigenvalue weighted by molar-refractivity contribution is 5.08. The summed E-state index contributed by atoms with van der Waals surface area (Å²) in [6.07, 6.45) is 0. The molecule has 0 aliphatic carbocycles. The molecule has 0 aromatic carbocycles. The fraction of sp³-hybridized carbons (Fsp3) is 0.857. The minimum absolute atomic E-state index is 0.137. The van der Waals surface area contributed by atoms with Gasteiger partial charge in [-0.25, -0.2) is 0 Å². The normalized spacial score (nSPS) is 18.2. The van der Waals surface area contributed by atoms with Crippen molar-refractivity contribution in [2.75, 3.05) is 0 Å². The zero-order valence-corrected chi connectivity index (χ0v) is 6.52. The van der Waals surface area contributed by atoms with E-state index < -0.39 is 5.54 Å². The van der Waals surface area contributed by atoms with E-state index in [-0.39, 0.29) is 5.41 Å². The quantitative estimate of drug-likeness (QED) is 0.531. The predicted molar refractivity (Wildman–Crippen MR) is 37.7 cm³/mol. The first kappa shape index (κ1) is 8.45. The van der Waals surface area contributed by atoms with E-state index >= 15 is 0 Å². The van der Waals surface area contributed by atoms with Crippen LogP contribution >= 0.6 is 0 Å². The van der Waals surface area contributed by atoms with E-state index in [0.29, 0.717) is 0 Å². The van der Waals surface area contributed by atoms with Gasteiger partial charge in [-0.1, -0.05) is 20.8 Å². The minimum Gasteiger partial charge on any atom is -0.313 e. The van der Waals surface area contributed by atoms with E-state index in [1.165, 1.54) is 0 Å². The van der Waals surface area contributed by atoms with Gasteiger partial charge < -0.3 is 5.73 Å². The second-order valence-corrected chi connectivity index (χ2v) is 3.56. The maximum absolute atomic E-state index is 8.55. The summed E-state index contributed by atoms with van der Waals surface area (Å²) < 4.78 is 0. The van der Waals surface area contributed by atoms with Gasteiger partial charge in [0.05, 0.1) is 6.07 Å². The Balaban J connectivity index is 4.39. The van der Waals surface area contributed by atoms with E-state index in [9.17, 15) is 0 Å². The Hall–Kier alpha value is -0.550. The van der Waals surface area contributed by atoms with Crippen LogP contribution in [0.25, 0.3) is 0 Å². The summed E-state index contributed by atoms with van der Waals surface area (Å²) in [5, 5.41) is 8.55. The highest BCUT2D eigenvalue weighted by Crippen LogP contribution is 2.26. The van der Waals surface area contributed by atoms with Gasteiger partial charge in [0.2, 0.25) is 0 Å². The Labute approximate surface area is 56.7 Å². The van der Waals surface area contributed by atoms with Gasteiger partial charge in [-0.05, 0) is 12.3 Å². The maximum atomic E-state index is 8.55. The Kier molecular flexibility index (Phi) is 1.88. The van der Waals surface area contributed by atoms with E-state index in [4.69, 9.17) is 11.0 Å². The Morgan fingerprint density at radius 3 is 1.56 bits per heavy atom. The van der Waals surface area contributed by atoms with Crippen LogP contribution in [0.15, 0.2) is 0 Å². The molecule has 0 aliphatic rings. The van der Waals surface area contributed by atoms with E-state index in [1.54, 1.807) is 6.92 Å². The molecular weight excluding hydrogens is 112 g/mol. The van der Waals surface area contributed by atoms with Crippen molar-refractivity contribution >= 4 is 0 Å². The van der Waals surface area contributed by atoms with Gasteiger partial charge in [0.1, 0.15) is 5.54 Å². The summed E-state index contributed by atoms with van der Waals surface area (Å²) in [5.74, 6) is 0. The van der Waals surface area contributed by atoms with Crippen molar-refractivity contribution in [2.45, 2.75) is 33.2 Å². The molecule has 0 fully saturated rings. The van der Waals surface area contributed by atoms with Crippen molar-refractivity contribution in [3.05, 3.63) is 0 Å². The summed E-state index contributed by atoms with van der Waals surface area (Å²) in [6, 6.07) is 2.06. The number of nitrogens with zero attached hydrogens (tertiary/aromatic N) is 1. The molecule has 0 amide bonds. The number of nitrogens with two attached hydrogens (primary N) is 1. The molecule has 0 unspecified atom stereocenters. The predicted octanol–water partition coefficient (Wildman–Crippen LogP) is 1.27. The topological polar surface area (TPSA) is 49.8 Å². The number of hydrogen-bond donors (Lipinski definition) is 1. The van der Waals surface area contributed by atoms with Gasteiger partial charge in [0.25, 0.3) is 0 Å². The van der Waals surface area contributed by atoms with Crippen molar-refractivity contribution in [3.8, 4) is 6.07 Å². The standard InChI is InChI=1S/C7H14N2/c1-6(2,3)7(4,9)5-8/h9H2,1-4H3/t7-/m1/s1. The minimum atomic E-state index is -0.715. The van der Waals surface area contributed by atoms with Crippen molar-refractivity contribution in [1.82, 2.24) is 0 Å². The first-order chi connectivity index (χ1) is 3.81. The highest BCUT2D eigenvalue weighted by atomic mass is 14.8. The van der Waals surface area contributed by atoms with Crippen LogP contribution in [0.2, 0.25) is 0 Å². The summed E-state index contributed by atoms with van der Waals surface area (Å²) in [7, 11) is 0. The van der Waals surface area contributed by atoms with Crippen molar-refractivity contribution in [3.63, 3.8) is 0 Å². The molecule has 52 valence electrons. The van der Waals surface area contributed by atoms with Crippen LogP contribution in [0.4, 0.5) is 0 Å². The SMILES string of the molecule is CC(C)(C)[C@](C)(N)C#N. The Morgan fingerprint density at radius 1 is 1.22 bits per heavy atom. The third kappa shape index (κ3) is 1.69. The van der Waals surface area contributed by atoms with Gasteiger partial charge in [-0.15, -0.1) is 0 Å². The van der Waals surface area contributed by atoms with Gasteiger partial charge in [-0.2, -0.15) is 5.26 Å². The smallest absolute Gasteiger partial charge is 0.106 e. The van der Waals surface area contributed by atoms with E-state index in [2.05, 4.69) is 6.07 Å². The van der Waals surface area contributed by atoms with Crippen LogP contribution in [0.1, 0.15) is 27.7 Å². The van der Waals surface area contributed by atoms with Crippen LogP contribution in [0, 0.1) is 16.7 Å². The lowest BCUT2D eigenvalue weighted by atomic mass is 9.77. The molecule has 0 spiro atoms. The zero-order chi connectivity index (χ0) is 7.71.